The van der Waals surface area contributed by atoms with E-state index < -0.39 is 0 Å². The van der Waals surface area contributed by atoms with Crippen LogP contribution < -0.4 is 11.1 Å². The van der Waals surface area contributed by atoms with Crippen molar-refractivity contribution in [2.75, 3.05) is 11.1 Å². The number of hydrogen-bond acceptors (Lipinski definition) is 4. The van der Waals surface area contributed by atoms with Crippen LogP contribution in [0.5, 0.6) is 0 Å². The van der Waals surface area contributed by atoms with E-state index in [2.05, 4.69) is 31.2 Å². The Bertz CT molecular complexity index is 539. The highest BCUT2D eigenvalue weighted by Gasteiger charge is 2.04. The summed E-state index contributed by atoms with van der Waals surface area (Å²) in [4.78, 5) is 8.10. The molecule has 1 heterocycles. The van der Waals surface area contributed by atoms with Crippen molar-refractivity contribution in [2.45, 2.75) is 6.92 Å². The fraction of sp³-hybridized carbons (Fsp3) is 0.0909. The average molecular weight is 314 g/mol. The molecular weight excluding hydrogens is 304 g/mol. The maximum Gasteiger partial charge on any atom is 0.222 e. The molecule has 0 aliphatic rings. The predicted octanol–water partition coefficient (Wildman–Crippen LogP) is 3.53. The Morgan fingerprint density at radius 2 is 2.06 bits per heavy atom. The second kappa shape index (κ2) is 4.89. The third-order valence-corrected chi connectivity index (χ3v) is 2.99. The first-order chi connectivity index (χ1) is 8.04. The zero-order valence-corrected chi connectivity index (χ0v) is 11.4. The van der Waals surface area contributed by atoms with Crippen molar-refractivity contribution in [3.8, 4) is 0 Å². The second-order valence-electron chi connectivity index (χ2n) is 3.50. The molecule has 2 rings (SSSR count). The molecule has 0 fully saturated rings. The standard InChI is InChI=1S/C11H10BrClN4/c1-6-4-10(17-11(14)15-6)16-9-5-7(13)2-3-8(9)12/h2-5H,1H3,(H3,14,15,16,17). The fourth-order valence-electron chi connectivity index (χ4n) is 1.39. The summed E-state index contributed by atoms with van der Waals surface area (Å²) >= 11 is 9.36. The van der Waals surface area contributed by atoms with Crippen molar-refractivity contribution in [1.29, 1.82) is 0 Å². The topological polar surface area (TPSA) is 63.8 Å². The van der Waals surface area contributed by atoms with Crippen LogP contribution in [0.2, 0.25) is 5.02 Å². The lowest BCUT2D eigenvalue weighted by Crippen LogP contribution is -2.01. The van der Waals surface area contributed by atoms with E-state index in [0.717, 1.165) is 15.9 Å². The summed E-state index contributed by atoms with van der Waals surface area (Å²) in [6.07, 6.45) is 0. The summed E-state index contributed by atoms with van der Waals surface area (Å²) in [6.45, 7) is 1.86. The summed E-state index contributed by atoms with van der Waals surface area (Å²) in [5.41, 5.74) is 7.21. The van der Waals surface area contributed by atoms with Crippen molar-refractivity contribution in [2.24, 2.45) is 0 Å². The highest BCUT2D eigenvalue weighted by molar-refractivity contribution is 9.10. The first-order valence-electron chi connectivity index (χ1n) is 4.88. The van der Waals surface area contributed by atoms with E-state index in [1.54, 1.807) is 12.1 Å². The summed E-state index contributed by atoms with van der Waals surface area (Å²) in [5, 5.41) is 3.78. The summed E-state index contributed by atoms with van der Waals surface area (Å²) in [5.74, 6) is 0.878. The van der Waals surface area contributed by atoms with Gasteiger partial charge in [-0.3, -0.25) is 0 Å². The number of hydrogen-bond donors (Lipinski definition) is 2. The Labute approximate surface area is 112 Å². The van der Waals surface area contributed by atoms with Crippen LogP contribution in [-0.2, 0) is 0 Å². The third-order valence-electron chi connectivity index (χ3n) is 2.06. The van der Waals surface area contributed by atoms with Gasteiger partial charge >= 0.3 is 0 Å². The normalized spacial score (nSPS) is 10.3. The van der Waals surface area contributed by atoms with Gasteiger partial charge in [-0.1, -0.05) is 11.6 Å². The van der Waals surface area contributed by atoms with E-state index in [-0.39, 0.29) is 5.95 Å². The van der Waals surface area contributed by atoms with Crippen LogP contribution in [0.25, 0.3) is 0 Å². The number of nitrogens with two attached hydrogens (primary N) is 1. The summed E-state index contributed by atoms with van der Waals surface area (Å²) in [7, 11) is 0. The number of nitrogens with zero attached hydrogens (tertiary/aromatic N) is 2. The van der Waals surface area contributed by atoms with Crippen molar-refractivity contribution in [3.05, 3.63) is 39.5 Å². The number of anilines is 3. The molecule has 0 amide bonds. The summed E-state index contributed by atoms with van der Waals surface area (Å²) in [6, 6.07) is 7.28. The van der Waals surface area contributed by atoms with Gasteiger partial charge in [-0.2, -0.15) is 4.98 Å². The van der Waals surface area contributed by atoms with Gasteiger partial charge in [-0.25, -0.2) is 4.98 Å². The highest BCUT2D eigenvalue weighted by atomic mass is 79.9. The average Bonchev–Trinajstić information content (AvgIpc) is 2.22. The number of nitrogens with one attached hydrogen (secondary N) is 1. The molecule has 0 atom stereocenters. The molecule has 0 saturated heterocycles. The van der Waals surface area contributed by atoms with Gasteiger partial charge in [0.2, 0.25) is 5.95 Å². The molecule has 6 heteroatoms. The molecule has 0 unspecified atom stereocenters. The van der Waals surface area contributed by atoms with Crippen LogP contribution in [0.1, 0.15) is 5.69 Å². The van der Waals surface area contributed by atoms with E-state index in [1.807, 2.05) is 19.1 Å². The second-order valence-corrected chi connectivity index (χ2v) is 4.79. The molecule has 2 aromatic rings. The molecule has 3 N–H and O–H groups in total. The van der Waals surface area contributed by atoms with Crippen LogP contribution >= 0.6 is 27.5 Å². The first kappa shape index (κ1) is 12.1. The Hall–Kier alpha value is -1.33. The molecule has 0 aliphatic heterocycles. The molecule has 4 nitrogen and oxygen atoms in total. The van der Waals surface area contributed by atoms with Crippen LogP contribution in [0, 0.1) is 6.92 Å². The number of halogens is 2. The van der Waals surface area contributed by atoms with Crippen LogP contribution in [0.3, 0.4) is 0 Å². The minimum Gasteiger partial charge on any atom is -0.368 e. The van der Waals surface area contributed by atoms with Crippen LogP contribution in [-0.4, -0.2) is 9.97 Å². The summed E-state index contributed by atoms with van der Waals surface area (Å²) < 4.78 is 0.900. The zero-order valence-electron chi connectivity index (χ0n) is 9.04. The molecule has 1 aromatic carbocycles. The van der Waals surface area contributed by atoms with Gasteiger partial charge in [0.15, 0.2) is 0 Å². The van der Waals surface area contributed by atoms with Gasteiger partial charge in [0.25, 0.3) is 0 Å². The van der Waals surface area contributed by atoms with Crippen LogP contribution in [0.4, 0.5) is 17.5 Å². The van der Waals surface area contributed by atoms with Gasteiger partial charge < -0.3 is 11.1 Å². The number of rotatable bonds is 2. The van der Waals surface area contributed by atoms with Gasteiger partial charge in [0, 0.05) is 21.3 Å². The zero-order chi connectivity index (χ0) is 12.4. The van der Waals surface area contributed by atoms with Crippen LogP contribution in [0.15, 0.2) is 28.7 Å². The van der Waals surface area contributed by atoms with Crippen molar-refractivity contribution in [1.82, 2.24) is 9.97 Å². The molecule has 0 radical (unpaired) electrons. The van der Waals surface area contributed by atoms with Gasteiger partial charge in [0.1, 0.15) is 5.82 Å². The van der Waals surface area contributed by atoms with E-state index in [1.165, 1.54) is 0 Å². The fourth-order valence-corrected chi connectivity index (χ4v) is 1.90. The Balaban J connectivity index is 2.34. The van der Waals surface area contributed by atoms with Gasteiger partial charge in [-0.15, -0.1) is 0 Å². The van der Waals surface area contributed by atoms with Crippen molar-refractivity contribution >= 4 is 45.0 Å². The molecule has 1 aromatic heterocycles. The lowest BCUT2D eigenvalue weighted by molar-refractivity contribution is 1.12. The number of aryl methyl sites for hydroxylation is 1. The largest absolute Gasteiger partial charge is 0.368 e. The maximum atomic E-state index is 5.93. The van der Waals surface area contributed by atoms with Gasteiger partial charge in [-0.05, 0) is 41.1 Å². The minimum absolute atomic E-state index is 0.241. The quantitative estimate of drug-likeness (QED) is 0.890. The Morgan fingerprint density at radius 1 is 1.29 bits per heavy atom. The Morgan fingerprint density at radius 3 is 2.76 bits per heavy atom. The van der Waals surface area contributed by atoms with Crippen molar-refractivity contribution < 1.29 is 0 Å². The van der Waals surface area contributed by atoms with E-state index in [9.17, 15) is 0 Å². The molecule has 0 aliphatic carbocycles. The number of benzene rings is 1. The molecule has 0 spiro atoms. The van der Waals surface area contributed by atoms with E-state index in [0.29, 0.717) is 10.8 Å². The third kappa shape index (κ3) is 3.08. The monoisotopic (exact) mass is 312 g/mol. The molecule has 0 bridgehead atoms. The van der Waals surface area contributed by atoms with Gasteiger partial charge in [0.05, 0.1) is 5.69 Å². The maximum absolute atomic E-state index is 5.93. The highest BCUT2D eigenvalue weighted by Crippen LogP contribution is 2.28. The molecule has 17 heavy (non-hydrogen) atoms. The minimum atomic E-state index is 0.241. The Kier molecular flexibility index (Phi) is 3.49. The number of aromatic nitrogens is 2. The smallest absolute Gasteiger partial charge is 0.222 e. The first-order valence-corrected chi connectivity index (χ1v) is 6.05. The van der Waals surface area contributed by atoms with Crippen molar-refractivity contribution in [3.63, 3.8) is 0 Å². The molecular formula is C11H10BrClN4. The predicted molar refractivity (Wildman–Crippen MR) is 73.6 cm³/mol. The van der Waals surface area contributed by atoms with E-state index in [4.69, 9.17) is 17.3 Å². The molecule has 88 valence electrons. The molecule has 0 saturated carbocycles. The lowest BCUT2D eigenvalue weighted by atomic mass is 10.3. The number of nitrogen functional groups attached to an aromatic ring is 1. The SMILES string of the molecule is Cc1cc(Nc2cc(Cl)ccc2Br)nc(N)n1. The lowest BCUT2D eigenvalue weighted by Gasteiger charge is -2.09. The van der Waals surface area contributed by atoms with E-state index >= 15 is 0 Å².